The van der Waals surface area contributed by atoms with Gasteiger partial charge in [-0.15, -0.1) is 0 Å². The van der Waals surface area contributed by atoms with Crippen LogP contribution >= 0.6 is 31.9 Å². The fraction of sp³-hybridized carbons (Fsp3) is 0.143. The van der Waals surface area contributed by atoms with E-state index in [1.165, 1.54) is 32.2 Å². The second-order valence-electron chi connectivity index (χ2n) is 6.51. The maximum atomic E-state index is 13.1. The summed E-state index contributed by atoms with van der Waals surface area (Å²) in [4.78, 5) is 50.1. The number of barbiturate groups is 1. The standard InChI is InChI=1S/C21H16Br2N2O6/c1-10-6-13(4-5-15(10)22)25-20(28)14(19(27)24-21(25)29)7-12-8-17(30-3)18(9-16(12)23)31-11(2)26/h4-9H,1-3H3,(H,24,27,29)/b14-7+. The molecule has 2 aromatic rings. The summed E-state index contributed by atoms with van der Waals surface area (Å²) in [6, 6.07) is 7.10. The van der Waals surface area contributed by atoms with Crippen molar-refractivity contribution in [3.05, 3.63) is 56.0 Å². The number of halogens is 2. The van der Waals surface area contributed by atoms with Crippen LogP contribution in [0.5, 0.6) is 11.5 Å². The Morgan fingerprint density at radius 1 is 1.06 bits per heavy atom. The van der Waals surface area contributed by atoms with Gasteiger partial charge in [-0.3, -0.25) is 19.7 Å². The van der Waals surface area contributed by atoms with E-state index in [-0.39, 0.29) is 17.1 Å². The Morgan fingerprint density at radius 2 is 1.77 bits per heavy atom. The Hall–Kier alpha value is -2.98. The lowest BCUT2D eigenvalue weighted by atomic mass is 10.1. The van der Waals surface area contributed by atoms with Gasteiger partial charge >= 0.3 is 12.0 Å². The van der Waals surface area contributed by atoms with Crippen molar-refractivity contribution in [1.82, 2.24) is 5.32 Å². The molecule has 0 bridgehead atoms. The molecule has 0 radical (unpaired) electrons. The van der Waals surface area contributed by atoms with Crippen LogP contribution in [0.25, 0.3) is 6.08 Å². The van der Waals surface area contributed by atoms with Crippen molar-refractivity contribution in [2.75, 3.05) is 12.0 Å². The Balaban J connectivity index is 2.05. The van der Waals surface area contributed by atoms with E-state index < -0.39 is 23.8 Å². The number of amides is 4. The highest BCUT2D eigenvalue weighted by atomic mass is 79.9. The largest absolute Gasteiger partial charge is 0.493 e. The molecule has 31 heavy (non-hydrogen) atoms. The molecule has 10 heteroatoms. The molecule has 160 valence electrons. The fourth-order valence-electron chi connectivity index (χ4n) is 2.87. The quantitative estimate of drug-likeness (QED) is 0.265. The molecule has 0 spiro atoms. The van der Waals surface area contributed by atoms with Crippen molar-refractivity contribution in [3.8, 4) is 11.5 Å². The summed E-state index contributed by atoms with van der Waals surface area (Å²) in [6.45, 7) is 3.07. The lowest BCUT2D eigenvalue weighted by Gasteiger charge is -2.26. The molecule has 0 aromatic heterocycles. The molecule has 8 nitrogen and oxygen atoms in total. The van der Waals surface area contributed by atoms with Crippen LogP contribution in [0.15, 0.2) is 44.9 Å². The SMILES string of the molecule is COc1cc(/C=C2\C(=O)NC(=O)N(c3ccc(Br)c(C)c3)C2=O)c(Br)cc1OC(C)=O. The van der Waals surface area contributed by atoms with Crippen LogP contribution in [0.3, 0.4) is 0 Å². The van der Waals surface area contributed by atoms with Gasteiger partial charge in [-0.25, -0.2) is 9.69 Å². The first-order chi connectivity index (χ1) is 14.6. The highest BCUT2D eigenvalue weighted by Gasteiger charge is 2.37. The van der Waals surface area contributed by atoms with Crippen LogP contribution in [-0.2, 0) is 14.4 Å². The van der Waals surface area contributed by atoms with E-state index in [0.717, 1.165) is 14.9 Å². The number of nitrogens with zero attached hydrogens (tertiary/aromatic N) is 1. The molecule has 1 aliphatic rings. The van der Waals surface area contributed by atoms with Crippen molar-refractivity contribution in [1.29, 1.82) is 0 Å². The number of methoxy groups -OCH3 is 1. The number of carbonyl (C=O) groups is 4. The maximum absolute atomic E-state index is 13.1. The Labute approximate surface area is 194 Å². The maximum Gasteiger partial charge on any atom is 0.335 e. The number of imide groups is 2. The van der Waals surface area contributed by atoms with Gasteiger partial charge < -0.3 is 9.47 Å². The zero-order chi connectivity index (χ0) is 22.9. The fourth-order valence-corrected chi connectivity index (χ4v) is 3.55. The molecule has 3 rings (SSSR count). The van der Waals surface area contributed by atoms with Gasteiger partial charge in [-0.05, 0) is 54.5 Å². The molecule has 1 saturated heterocycles. The first-order valence-corrected chi connectivity index (χ1v) is 10.4. The minimum absolute atomic E-state index is 0.172. The zero-order valence-corrected chi connectivity index (χ0v) is 19.8. The molecule has 0 atom stereocenters. The first kappa shape index (κ1) is 22.7. The highest BCUT2D eigenvalue weighted by Crippen LogP contribution is 2.35. The van der Waals surface area contributed by atoms with Crippen LogP contribution in [0.2, 0.25) is 0 Å². The summed E-state index contributed by atoms with van der Waals surface area (Å²) >= 11 is 6.71. The van der Waals surface area contributed by atoms with E-state index in [9.17, 15) is 19.2 Å². The van der Waals surface area contributed by atoms with Gasteiger partial charge in [0.25, 0.3) is 11.8 Å². The monoisotopic (exact) mass is 550 g/mol. The highest BCUT2D eigenvalue weighted by molar-refractivity contribution is 9.10. The van der Waals surface area contributed by atoms with Crippen molar-refractivity contribution in [3.63, 3.8) is 0 Å². The number of carbonyl (C=O) groups excluding carboxylic acids is 4. The Bertz CT molecular complexity index is 1160. The summed E-state index contributed by atoms with van der Waals surface area (Å²) < 4.78 is 11.6. The molecule has 0 saturated carbocycles. The van der Waals surface area contributed by atoms with Crippen LogP contribution in [-0.4, -0.2) is 30.9 Å². The number of esters is 1. The van der Waals surface area contributed by atoms with Gasteiger partial charge in [-0.1, -0.05) is 31.9 Å². The minimum Gasteiger partial charge on any atom is -0.493 e. The van der Waals surface area contributed by atoms with Crippen molar-refractivity contribution in [2.45, 2.75) is 13.8 Å². The number of rotatable bonds is 4. The third kappa shape index (κ3) is 4.70. The third-order valence-corrected chi connectivity index (χ3v) is 5.91. The lowest BCUT2D eigenvalue weighted by Crippen LogP contribution is -2.54. The Morgan fingerprint density at radius 3 is 2.39 bits per heavy atom. The van der Waals surface area contributed by atoms with Gasteiger partial charge in [0, 0.05) is 15.9 Å². The third-order valence-electron chi connectivity index (χ3n) is 4.34. The molecule has 1 aliphatic heterocycles. The number of urea groups is 1. The zero-order valence-electron chi connectivity index (χ0n) is 16.6. The molecule has 1 heterocycles. The molecular weight excluding hydrogens is 536 g/mol. The topological polar surface area (TPSA) is 102 Å². The van der Waals surface area contributed by atoms with Crippen LogP contribution < -0.4 is 19.7 Å². The molecule has 2 aromatic carbocycles. The van der Waals surface area contributed by atoms with E-state index in [0.29, 0.717) is 15.7 Å². The van der Waals surface area contributed by atoms with E-state index in [1.54, 1.807) is 18.2 Å². The number of ether oxygens (including phenoxy) is 2. The van der Waals surface area contributed by atoms with Crippen molar-refractivity contribution < 1.29 is 28.7 Å². The summed E-state index contributed by atoms with van der Waals surface area (Å²) in [5.41, 5.74) is 1.30. The second-order valence-corrected chi connectivity index (χ2v) is 8.22. The number of benzene rings is 2. The predicted molar refractivity (Wildman–Crippen MR) is 120 cm³/mol. The number of hydrogen-bond donors (Lipinski definition) is 1. The lowest BCUT2D eigenvalue weighted by molar-refractivity contribution is -0.132. The van der Waals surface area contributed by atoms with Gasteiger partial charge in [0.2, 0.25) is 0 Å². The predicted octanol–water partition coefficient (Wildman–Crippen LogP) is 4.12. The molecule has 0 aliphatic carbocycles. The summed E-state index contributed by atoms with van der Waals surface area (Å²) in [7, 11) is 1.39. The van der Waals surface area contributed by atoms with Gasteiger partial charge in [0.1, 0.15) is 5.57 Å². The molecule has 0 unspecified atom stereocenters. The molecule has 1 N–H and O–H groups in total. The molecule has 1 fully saturated rings. The van der Waals surface area contributed by atoms with E-state index >= 15 is 0 Å². The average molecular weight is 552 g/mol. The number of anilines is 1. The second kappa shape index (κ2) is 9.03. The Kier molecular flexibility index (Phi) is 6.61. The summed E-state index contributed by atoms with van der Waals surface area (Å²) in [5.74, 6) is -1.73. The average Bonchev–Trinajstić information content (AvgIpc) is 2.68. The number of aryl methyl sites for hydroxylation is 1. The summed E-state index contributed by atoms with van der Waals surface area (Å²) in [6.07, 6.45) is 1.33. The number of hydrogen-bond acceptors (Lipinski definition) is 6. The van der Waals surface area contributed by atoms with Crippen LogP contribution in [0, 0.1) is 6.92 Å². The van der Waals surface area contributed by atoms with Gasteiger partial charge in [0.05, 0.1) is 12.8 Å². The van der Waals surface area contributed by atoms with Gasteiger partial charge in [0.15, 0.2) is 11.5 Å². The van der Waals surface area contributed by atoms with E-state index in [4.69, 9.17) is 9.47 Å². The van der Waals surface area contributed by atoms with Crippen LogP contribution in [0.4, 0.5) is 10.5 Å². The molecular formula is C21H16Br2N2O6. The van der Waals surface area contributed by atoms with E-state index in [2.05, 4.69) is 37.2 Å². The number of nitrogens with one attached hydrogen (secondary N) is 1. The van der Waals surface area contributed by atoms with Crippen molar-refractivity contribution in [2.24, 2.45) is 0 Å². The smallest absolute Gasteiger partial charge is 0.335 e. The minimum atomic E-state index is -0.837. The summed E-state index contributed by atoms with van der Waals surface area (Å²) in [5, 5.41) is 2.18. The first-order valence-electron chi connectivity index (χ1n) is 8.86. The van der Waals surface area contributed by atoms with Crippen molar-refractivity contribution >= 4 is 67.4 Å². The van der Waals surface area contributed by atoms with E-state index in [1.807, 2.05) is 6.92 Å². The normalized spacial score (nSPS) is 15.2. The van der Waals surface area contributed by atoms with Gasteiger partial charge in [-0.2, -0.15) is 0 Å². The van der Waals surface area contributed by atoms with Crippen LogP contribution in [0.1, 0.15) is 18.1 Å². The molecule has 4 amide bonds.